The monoisotopic (exact) mass is 565 g/mol. The van der Waals surface area contributed by atoms with Crippen LogP contribution in [0.15, 0.2) is 73.6 Å². The van der Waals surface area contributed by atoms with Gasteiger partial charge in [0, 0.05) is 49.9 Å². The Bertz CT molecular complexity index is 1740. The second-order valence-corrected chi connectivity index (χ2v) is 10.9. The predicted octanol–water partition coefficient (Wildman–Crippen LogP) is 4.83. The highest BCUT2D eigenvalue weighted by atomic mass is 16.5. The Morgan fingerprint density at radius 2 is 1.88 bits per heavy atom. The molecule has 1 N–H and O–H groups in total. The summed E-state index contributed by atoms with van der Waals surface area (Å²) >= 11 is 0. The molecule has 42 heavy (non-hydrogen) atoms. The minimum Gasteiger partial charge on any atom is -0.457 e. The number of anilines is 2. The van der Waals surface area contributed by atoms with Crippen LogP contribution < -0.4 is 10.1 Å². The highest BCUT2D eigenvalue weighted by molar-refractivity contribution is 5.87. The lowest BCUT2D eigenvalue weighted by atomic mass is 9.93. The summed E-state index contributed by atoms with van der Waals surface area (Å²) in [6, 6.07) is 11.8. The molecular weight excluding hydrogens is 530 g/mol. The number of hydrogen-bond donors (Lipinski definition) is 1. The van der Waals surface area contributed by atoms with Crippen LogP contribution in [-0.4, -0.2) is 78.6 Å². The normalized spacial score (nSPS) is 16.0. The van der Waals surface area contributed by atoms with Gasteiger partial charge in [-0.15, -0.1) is 0 Å². The number of carbonyl (C=O) groups is 1. The Labute approximate surface area is 244 Å². The first-order chi connectivity index (χ1) is 20.4. The molecule has 1 aliphatic rings. The summed E-state index contributed by atoms with van der Waals surface area (Å²) in [6.45, 7) is 4.27. The van der Waals surface area contributed by atoms with Crippen LogP contribution in [0.25, 0.3) is 11.2 Å². The van der Waals surface area contributed by atoms with Crippen molar-refractivity contribution < 1.29 is 9.53 Å². The molecule has 5 aromatic rings. The zero-order chi connectivity index (χ0) is 29.1. The van der Waals surface area contributed by atoms with Gasteiger partial charge in [0.2, 0.25) is 5.91 Å². The fourth-order valence-electron chi connectivity index (χ4n) is 5.46. The first-order valence-electron chi connectivity index (χ1n) is 14.2. The summed E-state index contributed by atoms with van der Waals surface area (Å²) in [4.78, 5) is 25.6. The summed E-state index contributed by atoms with van der Waals surface area (Å²) in [5.41, 5.74) is 4.78. The molecule has 1 aromatic carbocycles. The SMILES string of the molecule is Cc1cc(Nc2ncnn3ccc(C4CCCN(C(=O)C=CCN(C)C)CC4)c23)ccc1Oc1ccn2ncnc2c1. The molecule has 11 heteroatoms. The Morgan fingerprint density at radius 1 is 1.05 bits per heavy atom. The van der Waals surface area contributed by atoms with Crippen LogP contribution in [0.3, 0.4) is 0 Å². The number of nitrogens with one attached hydrogen (secondary N) is 1. The van der Waals surface area contributed by atoms with Gasteiger partial charge in [-0.25, -0.2) is 19.0 Å². The number of fused-ring (bicyclic) bond motifs is 2. The molecule has 1 saturated heterocycles. The van der Waals surface area contributed by atoms with Crippen molar-refractivity contribution in [2.24, 2.45) is 0 Å². The van der Waals surface area contributed by atoms with Crippen LogP contribution in [-0.2, 0) is 4.79 Å². The van der Waals surface area contributed by atoms with E-state index in [9.17, 15) is 4.79 Å². The highest BCUT2D eigenvalue weighted by Gasteiger charge is 2.24. The van der Waals surface area contributed by atoms with Gasteiger partial charge < -0.3 is 19.9 Å². The largest absolute Gasteiger partial charge is 0.457 e. The zero-order valence-electron chi connectivity index (χ0n) is 24.1. The molecule has 1 atom stereocenters. The third-order valence-corrected chi connectivity index (χ3v) is 7.61. The van der Waals surface area contributed by atoms with Gasteiger partial charge in [-0.1, -0.05) is 6.08 Å². The van der Waals surface area contributed by atoms with E-state index in [1.807, 2.05) is 84.1 Å². The van der Waals surface area contributed by atoms with Gasteiger partial charge in [0.15, 0.2) is 11.5 Å². The molecule has 1 fully saturated rings. The van der Waals surface area contributed by atoms with Crippen molar-refractivity contribution in [2.75, 3.05) is 39.0 Å². The number of benzene rings is 1. The first-order valence-corrected chi connectivity index (χ1v) is 14.2. The average molecular weight is 566 g/mol. The lowest BCUT2D eigenvalue weighted by molar-refractivity contribution is -0.126. The maximum Gasteiger partial charge on any atom is 0.246 e. The second-order valence-electron chi connectivity index (χ2n) is 10.9. The number of ether oxygens (including phenoxy) is 1. The van der Waals surface area contributed by atoms with Gasteiger partial charge in [0.1, 0.15) is 29.7 Å². The number of aryl methyl sites for hydroxylation is 1. The van der Waals surface area contributed by atoms with Crippen LogP contribution in [0.5, 0.6) is 11.5 Å². The fraction of sp³-hybridized carbons (Fsp3) is 0.323. The molecule has 0 radical (unpaired) electrons. The molecule has 1 unspecified atom stereocenters. The zero-order valence-corrected chi connectivity index (χ0v) is 24.1. The van der Waals surface area contributed by atoms with Gasteiger partial charge in [0.25, 0.3) is 0 Å². The van der Waals surface area contributed by atoms with Gasteiger partial charge in [-0.2, -0.15) is 10.2 Å². The van der Waals surface area contributed by atoms with E-state index in [-0.39, 0.29) is 5.91 Å². The molecule has 6 rings (SSSR count). The fourth-order valence-corrected chi connectivity index (χ4v) is 5.46. The second kappa shape index (κ2) is 12.0. The van der Waals surface area contributed by atoms with E-state index in [1.165, 1.54) is 11.9 Å². The number of nitrogens with zero attached hydrogens (tertiary/aromatic N) is 8. The van der Waals surface area contributed by atoms with E-state index < -0.39 is 0 Å². The van der Waals surface area contributed by atoms with Crippen LogP contribution >= 0.6 is 0 Å². The number of hydrogen-bond acceptors (Lipinski definition) is 8. The summed E-state index contributed by atoms with van der Waals surface area (Å²) in [7, 11) is 3.99. The van der Waals surface area contributed by atoms with E-state index in [0.29, 0.717) is 11.7 Å². The quantitative estimate of drug-likeness (QED) is 0.267. The lowest BCUT2D eigenvalue weighted by Crippen LogP contribution is -2.30. The number of amides is 1. The minimum atomic E-state index is 0.0896. The molecule has 0 bridgehead atoms. The molecule has 0 spiro atoms. The molecule has 216 valence electrons. The summed E-state index contributed by atoms with van der Waals surface area (Å²) in [6.07, 6.45) is 13.4. The Hall–Kier alpha value is -4.77. The van der Waals surface area contributed by atoms with Crippen molar-refractivity contribution >= 4 is 28.6 Å². The first kappa shape index (κ1) is 27.4. The van der Waals surface area contributed by atoms with Crippen molar-refractivity contribution in [1.29, 1.82) is 0 Å². The number of rotatable bonds is 8. The van der Waals surface area contributed by atoms with Crippen LogP contribution in [0.1, 0.15) is 36.3 Å². The van der Waals surface area contributed by atoms with E-state index in [2.05, 4.69) is 31.5 Å². The van der Waals surface area contributed by atoms with Gasteiger partial charge in [-0.05, 0) is 87.7 Å². The van der Waals surface area contributed by atoms with Crippen molar-refractivity contribution in [2.45, 2.75) is 32.1 Å². The Morgan fingerprint density at radius 3 is 2.74 bits per heavy atom. The predicted molar refractivity (Wildman–Crippen MR) is 161 cm³/mol. The van der Waals surface area contributed by atoms with Crippen LogP contribution in [0, 0.1) is 6.92 Å². The highest BCUT2D eigenvalue weighted by Crippen LogP contribution is 2.35. The van der Waals surface area contributed by atoms with Crippen molar-refractivity contribution in [3.05, 3.63) is 84.7 Å². The summed E-state index contributed by atoms with van der Waals surface area (Å²) < 4.78 is 9.72. The lowest BCUT2D eigenvalue weighted by Gasteiger charge is -2.19. The van der Waals surface area contributed by atoms with E-state index >= 15 is 0 Å². The summed E-state index contributed by atoms with van der Waals surface area (Å²) in [5, 5.41) is 12.1. The number of pyridine rings is 1. The maximum absolute atomic E-state index is 12.8. The van der Waals surface area contributed by atoms with Crippen LogP contribution in [0.2, 0.25) is 0 Å². The van der Waals surface area contributed by atoms with Gasteiger partial charge in [0.05, 0.1) is 0 Å². The van der Waals surface area contributed by atoms with Crippen molar-refractivity contribution in [1.82, 2.24) is 39.0 Å². The van der Waals surface area contributed by atoms with E-state index in [4.69, 9.17) is 4.74 Å². The molecular formula is C31H35N9O2. The number of carbonyl (C=O) groups excluding carboxylic acids is 1. The van der Waals surface area contributed by atoms with Crippen molar-refractivity contribution in [3.8, 4) is 11.5 Å². The Kier molecular flexibility index (Phi) is 7.83. The van der Waals surface area contributed by atoms with Crippen LogP contribution in [0.4, 0.5) is 11.5 Å². The molecule has 1 amide bonds. The topological polar surface area (TPSA) is 105 Å². The van der Waals surface area contributed by atoms with Gasteiger partial charge in [-0.3, -0.25) is 4.79 Å². The molecule has 1 aliphatic heterocycles. The molecule has 0 aliphatic carbocycles. The van der Waals surface area contributed by atoms with Gasteiger partial charge >= 0.3 is 0 Å². The number of aromatic nitrogens is 6. The molecule has 11 nitrogen and oxygen atoms in total. The number of likely N-dealkylation sites (tertiary alicyclic amines) is 1. The molecule has 4 aromatic heterocycles. The summed E-state index contributed by atoms with van der Waals surface area (Å²) in [5.74, 6) is 2.61. The van der Waals surface area contributed by atoms with Crippen molar-refractivity contribution in [3.63, 3.8) is 0 Å². The average Bonchev–Trinajstić information content (AvgIpc) is 3.55. The van der Waals surface area contributed by atoms with E-state index in [1.54, 1.807) is 16.9 Å². The molecule has 5 heterocycles. The smallest absolute Gasteiger partial charge is 0.246 e. The third-order valence-electron chi connectivity index (χ3n) is 7.61. The maximum atomic E-state index is 12.8. The standard InChI is InChI=1S/C31H35N9O2/c1-22-18-24(8-9-27(22)42-25-11-16-39-28(19-25)32-20-34-39)36-31-30-26(12-17-40(30)35-21-33-31)23-6-4-14-38(15-10-23)29(41)7-5-13-37(2)3/h5,7-9,11-12,16-21,23H,4,6,10,13-15H2,1-3H3,(H,33,35,36). The van der Waals surface area contributed by atoms with E-state index in [0.717, 1.165) is 72.9 Å². The number of likely N-dealkylation sites (N-methyl/N-ethyl adjacent to an activating group) is 1. The third kappa shape index (κ3) is 5.96. The minimum absolute atomic E-state index is 0.0896. The Balaban J connectivity index is 1.18. The molecule has 0 saturated carbocycles.